The van der Waals surface area contributed by atoms with Gasteiger partial charge in [0.05, 0.1) is 12.1 Å². The predicted octanol–water partition coefficient (Wildman–Crippen LogP) is 3.34. The first-order chi connectivity index (χ1) is 16.1. The van der Waals surface area contributed by atoms with Crippen molar-refractivity contribution >= 4 is 39.9 Å². The molecule has 4 aromatic rings. The first-order valence-electron chi connectivity index (χ1n) is 10.6. The molecule has 2 aromatic carbocycles. The van der Waals surface area contributed by atoms with Gasteiger partial charge in [-0.3, -0.25) is 14.5 Å². The number of ether oxygens (including phenoxy) is 1. The number of nitrogens with zero attached hydrogens (tertiary/aromatic N) is 4. The molecule has 2 heterocycles. The van der Waals surface area contributed by atoms with Crippen LogP contribution in [-0.2, 0) is 20.9 Å². The molecule has 0 aliphatic carbocycles. The number of anilines is 1. The maximum Gasteiger partial charge on any atom is 0.249 e. The van der Waals surface area contributed by atoms with E-state index in [0.717, 1.165) is 16.0 Å². The van der Waals surface area contributed by atoms with E-state index in [1.807, 2.05) is 73.0 Å². The van der Waals surface area contributed by atoms with Gasteiger partial charge in [-0.25, -0.2) is 4.68 Å². The van der Waals surface area contributed by atoms with Gasteiger partial charge in [0, 0.05) is 24.2 Å². The molecule has 2 aromatic heterocycles. The molecule has 170 valence electrons. The number of methoxy groups -OCH3 is 1. The third kappa shape index (κ3) is 5.10. The lowest BCUT2D eigenvalue weighted by Gasteiger charge is -2.30. The summed E-state index contributed by atoms with van der Waals surface area (Å²) < 4.78 is 6.63. The van der Waals surface area contributed by atoms with Crippen LogP contribution in [0.15, 0.2) is 66.0 Å². The fraction of sp³-hybridized carbons (Fsp3) is 0.250. The molecule has 0 saturated heterocycles. The lowest BCUT2D eigenvalue weighted by Crippen LogP contribution is -2.45. The van der Waals surface area contributed by atoms with Gasteiger partial charge in [-0.1, -0.05) is 41.1 Å². The van der Waals surface area contributed by atoms with Crippen molar-refractivity contribution in [1.29, 1.82) is 0 Å². The van der Waals surface area contributed by atoms with Crippen LogP contribution in [0.5, 0.6) is 0 Å². The summed E-state index contributed by atoms with van der Waals surface area (Å²) in [5, 5.41) is 13.1. The van der Waals surface area contributed by atoms with Crippen LogP contribution >= 0.6 is 11.3 Å². The second-order valence-corrected chi connectivity index (χ2v) is 8.52. The molecule has 8 nitrogen and oxygen atoms in total. The van der Waals surface area contributed by atoms with Crippen LogP contribution in [0, 0.1) is 6.92 Å². The number of carbonyl (C=O) groups is 2. The van der Waals surface area contributed by atoms with Crippen molar-refractivity contribution in [1.82, 2.24) is 20.3 Å². The maximum absolute atomic E-state index is 13.7. The minimum absolute atomic E-state index is 0.0540. The average molecular weight is 464 g/mol. The zero-order valence-corrected chi connectivity index (χ0v) is 19.3. The van der Waals surface area contributed by atoms with Gasteiger partial charge < -0.3 is 10.1 Å². The number of hydrogen-bond acceptors (Lipinski definition) is 6. The number of hydrogen-bond donors (Lipinski definition) is 1. The highest BCUT2D eigenvalue weighted by molar-refractivity contribution is 7.10. The molecule has 0 spiro atoms. The highest BCUT2D eigenvalue weighted by atomic mass is 32.1. The summed E-state index contributed by atoms with van der Waals surface area (Å²) in [4.78, 5) is 29.4. The van der Waals surface area contributed by atoms with Crippen LogP contribution in [0.2, 0.25) is 0 Å². The first kappa shape index (κ1) is 22.6. The summed E-state index contributed by atoms with van der Waals surface area (Å²) in [7, 11) is 1.58. The van der Waals surface area contributed by atoms with Gasteiger partial charge in [-0.05, 0) is 42.6 Å². The van der Waals surface area contributed by atoms with Crippen LogP contribution in [-0.4, -0.2) is 47.1 Å². The van der Waals surface area contributed by atoms with Crippen LogP contribution in [0.1, 0.15) is 16.5 Å². The van der Waals surface area contributed by atoms with Gasteiger partial charge in [0.1, 0.15) is 18.1 Å². The van der Waals surface area contributed by atoms with E-state index in [-0.39, 0.29) is 18.4 Å². The van der Waals surface area contributed by atoms with Crippen molar-refractivity contribution < 1.29 is 14.3 Å². The van der Waals surface area contributed by atoms with E-state index in [9.17, 15) is 9.59 Å². The third-order valence-corrected chi connectivity index (χ3v) is 6.14. The van der Waals surface area contributed by atoms with Crippen molar-refractivity contribution in [2.75, 3.05) is 25.2 Å². The fourth-order valence-corrected chi connectivity index (χ4v) is 4.39. The molecule has 0 saturated carbocycles. The molecule has 33 heavy (non-hydrogen) atoms. The molecule has 0 aliphatic rings. The molecular formula is C24H25N5O3S. The Morgan fingerprint density at radius 3 is 2.64 bits per heavy atom. The second-order valence-electron chi connectivity index (χ2n) is 7.54. The van der Waals surface area contributed by atoms with E-state index in [2.05, 4.69) is 15.6 Å². The molecular weight excluding hydrogens is 438 g/mol. The minimum atomic E-state index is -0.827. The number of benzene rings is 2. The van der Waals surface area contributed by atoms with Crippen molar-refractivity contribution in [3.8, 4) is 0 Å². The second kappa shape index (κ2) is 10.4. The number of amides is 2. The summed E-state index contributed by atoms with van der Waals surface area (Å²) in [5.74, 6) is -0.540. The zero-order chi connectivity index (χ0) is 23.2. The van der Waals surface area contributed by atoms with Crippen LogP contribution in [0.25, 0.3) is 11.0 Å². The number of aryl methyl sites for hydroxylation is 1. The van der Waals surface area contributed by atoms with E-state index in [1.54, 1.807) is 16.7 Å². The van der Waals surface area contributed by atoms with Gasteiger partial charge in [0.2, 0.25) is 11.8 Å². The molecule has 2 amide bonds. The highest BCUT2D eigenvalue weighted by Gasteiger charge is 2.33. The molecule has 1 atom stereocenters. The molecule has 0 fully saturated rings. The minimum Gasteiger partial charge on any atom is -0.383 e. The van der Waals surface area contributed by atoms with E-state index in [0.29, 0.717) is 24.4 Å². The number of nitrogens with one attached hydrogen (secondary N) is 1. The van der Waals surface area contributed by atoms with Crippen molar-refractivity contribution in [3.63, 3.8) is 0 Å². The summed E-state index contributed by atoms with van der Waals surface area (Å²) in [6.07, 6.45) is 0. The number of rotatable bonds is 9. The topological polar surface area (TPSA) is 89.4 Å². The standard InChI is InChI=1S/C24H25N5O3S/c1-17-9-11-18(12-10-17)29(22(30)16-28-20-7-4-3-6-19(20)26-27-28)23(21-8-5-15-33-21)24(31)25-13-14-32-2/h3-12,15,23H,13-14,16H2,1-2H3,(H,25,31)/t23-/m0/s1. The molecule has 0 aliphatic heterocycles. The monoisotopic (exact) mass is 463 g/mol. The van der Waals surface area contributed by atoms with E-state index >= 15 is 0 Å². The Labute approximate surface area is 195 Å². The molecule has 0 bridgehead atoms. The van der Waals surface area contributed by atoms with Crippen LogP contribution < -0.4 is 10.2 Å². The molecule has 9 heteroatoms. The van der Waals surface area contributed by atoms with Crippen LogP contribution in [0.3, 0.4) is 0 Å². The lowest BCUT2D eigenvalue weighted by molar-refractivity contribution is -0.127. The van der Waals surface area contributed by atoms with Crippen molar-refractivity contribution in [2.45, 2.75) is 19.5 Å². The van der Waals surface area contributed by atoms with Crippen molar-refractivity contribution in [2.24, 2.45) is 0 Å². The predicted molar refractivity (Wildman–Crippen MR) is 128 cm³/mol. The Bertz CT molecular complexity index is 1220. The molecule has 1 N–H and O–H groups in total. The number of aromatic nitrogens is 3. The number of thiophene rings is 1. The highest BCUT2D eigenvalue weighted by Crippen LogP contribution is 2.31. The largest absolute Gasteiger partial charge is 0.383 e. The Balaban J connectivity index is 1.73. The first-order valence-corrected chi connectivity index (χ1v) is 11.4. The number of fused-ring (bicyclic) bond motifs is 1. The smallest absolute Gasteiger partial charge is 0.249 e. The summed E-state index contributed by atoms with van der Waals surface area (Å²) in [6, 6.07) is 17.9. The van der Waals surface area contributed by atoms with Gasteiger partial charge in [0.25, 0.3) is 0 Å². The van der Waals surface area contributed by atoms with E-state index < -0.39 is 6.04 Å². The zero-order valence-electron chi connectivity index (χ0n) is 18.5. The average Bonchev–Trinajstić information content (AvgIpc) is 3.49. The number of carbonyl (C=O) groups excluding carboxylic acids is 2. The van der Waals surface area contributed by atoms with Gasteiger partial charge >= 0.3 is 0 Å². The summed E-state index contributed by atoms with van der Waals surface area (Å²) >= 11 is 1.43. The maximum atomic E-state index is 13.7. The Hall–Kier alpha value is -3.56. The fourth-order valence-electron chi connectivity index (χ4n) is 3.57. The Morgan fingerprint density at radius 2 is 1.91 bits per heavy atom. The van der Waals surface area contributed by atoms with Gasteiger partial charge in [0.15, 0.2) is 0 Å². The summed E-state index contributed by atoms with van der Waals surface area (Å²) in [5.41, 5.74) is 3.16. The van der Waals surface area contributed by atoms with Crippen molar-refractivity contribution in [3.05, 3.63) is 76.5 Å². The normalized spacial score (nSPS) is 11.9. The molecule has 0 radical (unpaired) electrons. The lowest BCUT2D eigenvalue weighted by atomic mass is 10.1. The van der Waals surface area contributed by atoms with E-state index in [4.69, 9.17) is 4.74 Å². The molecule has 0 unspecified atom stereocenters. The number of para-hydroxylation sites is 1. The SMILES string of the molecule is COCCNC(=O)[C@H](c1cccs1)N(C(=O)Cn1nnc2ccccc21)c1ccc(C)cc1. The summed E-state index contributed by atoms with van der Waals surface area (Å²) in [6.45, 7) is 2.65. The Morgan fingerprint density at radius 1 is 1.12 bits per heavy atom. The van der Waals surface area contributed by atoms with Crippen LogP contribution in [0.4, 0.5) is 5.69 Å². The molecule has 4 rings (SSSR count). The van der Waals surface area contributed by atoms with Gasteiger partial charge in [-0.15, -0.1) is 16.4 Å². The Kier molecular flexibility index (Phi) is 7.11. The van der Waals surface area contributed by atoms with Gasteiger partial charge in [-0.2, -0.15) is 0 Å². The van der Waals surface area contributed by atoms with E-state index in [1.165, 1.54) is 11.3 Å². The third-order valence-electron chi connectivity index (χ3n) is 5.21. The quantitative estimate of drug-likeness (QED) is 0.385.